The lowest BCUT2D eigenvalue weighted by Gasteiger charge is -2.31. The maximum Gasteiger partial charge on any atom is 0.253 e. The minimum Gasteiger partial charge on any atom is -0.378 e. The van der Waals surface area contributed by atoms with Crippen LogP contribution in [0.1, 0.15) is 15.9 Å². The quantitative estimate of drug-likeness (QED) is 0.712. The molecular weight excluding hydrogens is 358 g/mol. The highest BCUT2D eigenvalue weighted by molar-refractivity contribution is 5.97. The van der Waals surface area contributed by atoms with Crippen LogP contribution in [0.5, 0.6) is 0 Å². The number of morpholine rings is 1. The van der Waals surface area contributed by atoms with E-state index in [1.165, 1.54) is 6.33 Å². The Bertz CT molecular complexity index is 966. The third kappa shape index (κ3) is 4.01. The topological polar surface area (TPSA) is 88.8 Å². The highest BCUT2D eigenvalue weighted by atomic mass is 16.5. The molecule has 0 saturated carbocycles. The largest absolute Gasteiger partial charge is 0.378 e. The van der Waals surface area contributed by atoms with Gasteiger partial charge < -0.3 is 15.0 Å². The second-order valence-corrected chi connectivity index (χ2v) is 6.67. The van der Waals surface area contributed by atoms with Gasteiger partial charge in [-0.2, -0.15) is 0 Å². The Morgan fingerprint density at radius 2 is 1.89 bits per heavy atom. The van der Waals surface area contributed by atoms with E-state index in [4.69, 9.17) is 4.74 Å². The summed E-state index contributed by atoms with van der Waals surface area (Å²) >= 11 is 0. The van der Waals surface area contributed by atoms with E-state index in [9.17, 15) is 9.59 Å². The van der Waals surface area contributed by atoms with Crippen LogP contribution in [-0.2, 0) is 16.0 Å². The fourth-order valence-corrected chi connectivity index (χ4v) is 3.26. The molecule has 1 aliphatic heterocycles. The van der Waals surface area contributed by atoms with Crippen molar-refractivity contribution in [3.63, 3.8) is 0 Å². The molecule has 2 aromatic heterocycles. The fourth-order valence-electron chi connectivity index (χ4n) is 3.26. The van der Waals surface area contributed by atoms with Crippen LogP contribution in [0.15, 0.2) is 55.0 Å². The van der Waals surface area contributed by atoms with Gasteiger partial charge in [0.25, 0.3) is 5.91 Å². The summed E-state index contributed by atoms with van der Waals surface area (Å²) in [4.78, 5) is 27.7. The Morgan fingerprint density at radius 3 is 2.68 bits per heavy atom. The van der Waals surface area contributed by atoms with Crippen LogP contribution >= 0.6 is 0 Å². The van der Waals surface area contributed by atoms with Crippen LogP contribution in [0.2, 0.25) is 0 Å². The summed E-state index contributed by atoms with van der Waals surface area (Å²) < 4.78 is 7.01. The summed E-state index contributed by atoms with van der Waals surface area (Å²) in [5.41, 5.74) is 2.09. The predicted octanol–water partition coefficient (Wildman–Crippen LogP) is 0.929. The zero-order valence-electron chi connectivity index (χ0n) is 15.3. The molecule has 4 rings (SSSR count). The summed E-state index contributed by atoms with van der Waals surface area (Å²) in [6.45, 7) is 2.10. The zero-order chi connectivity index (χ0) is 19.3. The molecular formula is C20H21N5O3. The molecule has 1 aliphatic rings. The number of fused-ring (bicyclic) bond motifs is 1. The first-order chi connectivity index (χ1) is 13.7. The highest BCUT2D eigenvalue weighted by Gasteiger charge is 2.28. The van der Waals surface area contributed by atoms with Gasteiger partial charge >= 0.3 is 0 Å². The molecule has 1 aromatic carbocycles. The number of pyridine rings is 1. The second-order valence-electron chi connectivity index (χ2n) is 6.67. The van der Waals surface area contributed by atoms with Crippen molar-refractivity contribution >= 4 is 17.5 Å². The minimum atomic E-state index is -0.649. The van der Waals surface area contributed by atoms with Crippen molar-refractivity contribution in [2.24, 2.45) is 0 Å². The normalized spacial score (nSPS) is 15.4. The molecule has 1 fully saturated rings. The number of aromatic nitrogens is 3. The maximum atomic E-state index is 13.1. The summed E-state index contributed by atoms with van der Waals surface area (Å²) in [6, 6.07) is 12.4. The highest BCUT2D eigenvalue weighted by Crippen LogP contribution is 2.10. The van der Waals surface area contributed by atoms with Gasteiger partial charge in [0.15, 0.2) is 5.65 Å². The molecule has 1 unspecified atom stereocenters. The first-order valence-corrected chi connectivity index (χ1v) is 9.21. The van der Waals surface area contributed by atoms with Crippen LogP contribution in [0.4, 0.5) is 0 Å². The summed E-state index contributed by atoms with van der Waals surface area (Å²) in [5, 5.41) is 10.7. The molecule has 8 heteroatoms. The number of amides is 2. The monoisotopic (exact) mass is 379 g/mol. The molecule has 8 nitrogen and oxygen atoms in total. The number of rotatable bonds is 5. The summed E-state index contributed by atoms with van der Waals surface area (Å²) in [6.07, 6.45) is 3.62. The van der Waals surface area contributed by atoms with Crippen LogP contribution in [-0.4, -0.2) is 63.7 Å². The van der Waals surface area contributed by atoms with Gasteiger partial charge in [0.2, 0.25) is 5.91 Å². The average Bonchev–Trinajstić information content (AvgIpc) is 3.22. The average molecular weight is 379 g/mol. The molecule has 0 spiro atoms. The van der Waals surface area contributed by atoms with E-state index >= 15 is 0 Å². The third-order valence-electron chi connectivity index (χ3n) is 4.76. The van der Waals surface area contributed by atoms with Crippen molar-refractivity contribution in [1.82, 2.24) is 24.8 Å². The van der Waals surface area contributed by atoms with Crippen molar-refractivity contribution in [2.45, 2.75) is 12.5 Å². The Kier molecular flexibility index (Phi) is 5.29. The molecule has 0 aliphatic carbocycles. The van der Waals surface area contributed by atoms with Crippen molar-refractivity contribution in [1.29, 1.82) is 0 Å². The minimum absolute atomic E-state index is 0.0918. The molecule has 3 aromatic rings. The maximum absolute atomic E-state index is 13.1. The van der Waals surface area contributed by atoms with Gasteiger partial charge in [-0.05, 0) is 17.7 Å². The van der Waals surface area contributed by atoms with E-state index in [0.717, 1.165) is 5.56 Å². The van der Waals surface area contributed by atoms with Crippen molar-refractivity contribution in [3.05, 3.63) is 66.1 Å². The lowest BCUT2D eigenvalue weighted by atomic mass is 10.0. The lowest BCUT2D eigenvalue weighted by Crippen LogP contribution is -2.52. The first-order valence-electron chi connectivity index (χ1n) is 9.21. The van der Waals surface area contributed by atoms with E-state index in [-0.39, 0.29) is 11.8 Å². The van der Waals surface area contributed by atoms with Gasteiger partial charge in [-0.3, -0.25) is 14.0 Å². The predicted molar refractivity (Wildman–Crippen MR) is 102 cm³/mol. The number of carbonyl (C=O) groups excluding carboxylic acids is 2. The van der Waals surface area contributed by atoms with E-state index in [1.807, 2.05) is 30.3 Å². The number of nitrogens with zero attached hydrogens (tertiary/aromatic N) is 4. The van der Waals surface area contributed by atoms with Gasteiger partial charge in [-0.25, -0.2) is 0 Å². The number of carbonyl (C=O) groups is 2. The molecule has 1 N–H and O–H groups in total. The Labute approximate surface area is 162 Å². The smallest absolute Gasteiger partial charge is 0.253 e. The van der Waals surface area contributed by atoms with E-state index < -0.39 is 6.04 Å². The molecule has 0 radical (unpaired) electrons. The molecule has 1 saturated heterocycles. The van der Waals surface area contributed by atoms with Gasteiger partial charge in [-0.15, -0.1) is 10.2 Å². The van der Waals surface area contributed by atoms with Crippen molar-refractivity contribution < 1.29 is 14.3 Å². The number of benzene rings is 1. The molecule has 0 bridgehead atoms. The number of nitrogens with one attached hydrogen (secondary N) is 1. The zero-order valence-corrected chi connectivity index (χ0v) is 15.3. The lowest BCUT2D eigenvalue weighted by molar-refractivity contribution is -0.137. The van der Waals surface area contributed by atoms with Crippen LogP contribution in [0, 0.1) is 0 Å². The second kappa shape index (κ2) is 8.18. The first kappa shape index (κ1) is 18.1. The Morgan fingerprint density at radius 1 is 1.11 bits per heavy atom. The van der Waals surface area contributed by atoms with Gasteiger partial charge in [0.05, 0.1) is 18.8 Å². The third-order valence-corrected chi connectivity index (χ3v) is 4.76. The van der Waals surface area contributed by atoms with Crippen molar-refractivity contribution in [3.8, 4) is 0 Å². The van der Waals surface area contributed by atoms with Crippen LogP contribution < -0.4 is 5.32 Å². The van der Waals surface area contributed by atoms with Crippen LogP contribution in [0.3, 0.4) is 0 Å². The Balaban J connectivity index is 1.54. The van der Waals surface area contributed by atoms with Crippen molar-refractivity contribution in [2.75, 3.05) is 26.3 Å². The van der Waals surface area contributed by atoms with E-state index in [2.05, 4.69) is 15.5 Å². The molecule has 2 amide bonds. The van der Waals surface area contributed by atoms with Gasteiger partial charge in [0.1, 0.15) is 12.4 Å². The molecule has 28 heavy (non-hydrogen) atoms. The standard InChI is InChI=1S/C20H21N5O3/c26-19(16-6-7-18-23-21-14-25(18)13-16)22-17(12-15-4-2-1-3-5-15)20(27)24-8-10-28-11-9-24/h1-7,13-14,17H,8-12H2,(H,22,26). The number of hydrogen-bond acceptors (Lipinski definition) is 5. The molecule has 144 valence electrons. The van der Waals surface area contributed by atoms with Gasteiger partial charge in [-0.1, -0.05) is 30.3 Å². The molecule has 3 heterocycles. The number of ether oxygens (including phenoxy) is 1. The summed E-state index contributed by atoms with van der Waals surface area (Å²) in [5.74, 6) is -0.399. The molecule has 1 atom stereocenters. The number of hydrogen-bond donors (Lipinski definition) is 1. The van der Waals surface area contributed by atoms with Crippen LogP contribution in [0.25, 0.3) is 5.65 Å². The van der Waals surface area contributed by atoms with E-state index in [1.54, 1.807) is 27.6 Å². The van der Waals surface area contributed by atoms with Gasteiger partial charge in [0, 0.05) is 25.7 Å². The Hall–Kier alpha value is -3.26. The van der Waals surface area contributed by atoms with E-state index in [0.29, 0.717) is 43.9 Å². The fraction of sp³-hybridized carbons (Fsp3) is 0.300. The SMILES string of the molecule is O=C(NC(Cc1ccccc1)C(=O)N1CCOCC1)c1ccc2nncn2c1. The summed E-state index contributed by atoms with van der Waals surface area (Å²) in [7, 11) is 0.